The van der Waals surface area contributed by atoms with E-state index < -0.39 is 6.03 Å². The highest BCUT2D eigenvalue weighted by molar-refractivity contribution is 7.14. The van der Waals surface area contributed by atoms with Crippen molar-refractivity contribution in [1.29, 1.82) is 0 Å². The van der Waals surface area contributed by atoms with Gasteiger partial charge in [-0.3, -0.25) is 10.1 Å². The molecule has 1 aromatic heterocycles. The largest absolute Gasteiger partial charge is 0.496 e. The van der Waals surface area contributed by atoms with Crippen LogP contribution in [0.1, 0.15) is 16.1 Å². The van der Waals surface area contributed by atoms with Crippen molar-refractivity contribution in [2.75, 3.05) is 17.7 Å². The second-order valence-corrected chi connectivity index (χ2v) is 6.91. The number of thiazole rings is 1. The maximum atomic E-state index is 12.3. The van der Waals surface area contributed by atoms with Gasteiger partial charge in [-0.2, -0.15) is 0 Å². The zero-order chi connectivity index (χ0) is 19.9. The lowest BCUT2D eigenvalue weighted by atomic mass is 10.2. The molecule has 3 N–H and O–H groups in total. The molecule has 0 atom stereocenters. The van der Waals surface area contributed by atoms with Gasteiger partial charge in [0.1, 0.15) is 11.4 Å². The molecule has 3 rings (SSSR count). The number of para-hydroxylation sites is 1. The molecule has 0 bridgehead atoms. The van der Waals surface area contributed by atoms with Crippen molar-refractivity contribution in [2.24, 2.45) is 0 Å². The van der Waals surface area contributed by atoms with Gasteiger partial charge >= 0.3 is 6.03 Å². The van der Waals surface area contributed by atoms with Gasteiger partial charge in [-0.25, -0.2) is 9.78 Å². The van der Waals surface area contributed by atoms with E-state index in [1.54, 1.807) is 36.8 Å². The topological polar surface area (TPSA) is 92.4 Å². The summed E-state index contributed by atoms with van der Waals surface area (Å²) in [6.45, 7) is 0.306. The maximum absolute atomic E-state index is 12.3. The lowest BCUT2D eigenvalue weighted by Gasteiger charge is -2.08. The minimum Gasteiger partial charge on any atom is -0.496 e. The predicted molar refractivity (Wildman–Crippen MR) is 110 cm³/mol. The molecular formula is C19H17ClN4O3S. The summed E-state index contributed by atoms with van der Waals surface area (Å²) in [6, 6.07) is 13.7. The van der Waals surface area contributed by atoms with Gasteiger partial charge in [-0.05, 0) is 30.3 Å². The van der Waals surface area contributed by atoms with Gasteiger partial charge in [0.05, 0.1) is 7.11 Å². The van der Waals surface area contributed by atoms with E-state index in [-0.39, 0.29) is 11.6 Å². The molecule has 144 valence electrons. The van der Waals surface area contributed by atoms with Crippen LogP contribution in [0.4, 0.5) is 15.6 Å². The molecule has 0 radical (unpaired) electrons. The van der Waals surface area contributed by atoms with Gasteiger partial charge in [0.15, 0.2) is 5.13 Å². The molecule has 9 heteroatoms. The van der Waals surface area contributed by atoms with Crippen molar-refractivity contribution < 1.29 is 14.3 Å². The third kappa shape index (κ3) is 5.21. The summed E-state index contributed by atoms with van der Waals surface area (Å²) in [6.07, 6.45) is 0. The van der Waals surface area contributed by atoms with E-state index in [1.165, 1.54) is 0 Å². The molecule has 0 aliphatic heterocycles. The number of carbonyl (C=O) groups is 2. The first kappa shape index (κ1) is 19.7. The summed E-state index contributed by atoms with van der Waals surface area (Å²) in [5.74, 6) is 0.357. The van der Waals surface area contributed by atoms with Crippen molar-refractivity contribution in [3.63, 3.8) is 0 Å². The second-order valence-electron chi connectivity index (χ2n) is 5.62. The van der Waals surface area contributed by atoms with Gasteiger partial charge in [0, 0.05) is 28.2 Å². The molecule has 0 spiro atoms. The zero-order valence-electron chi connectivity index (χ0n) is 14.9. The smallest absolute Gasteiger partial charge is 0.325 e. The molecule has 0 unspecified atom stereocenters. The quantitative estimate of drug-likeness (QED) is 0.556. The Kier molecular flexibility index (Phi) is 6.46. The highest BCUT2D eigenvalue weighted by Gasteiger charge is 2.13. The molecule has 0 saturated heterocycles. The van der Waals surface area contributed by atoms with Crippen molar-refractivity contribution in [3.8, 4) is 5.75 Å². The SMILES string of the molecule is COc1ccccc1CNC(=O)c1csc(NC(=O)Nc2ccc(Cl)cc2)n1. The third-order valence-corrected chi connectivity index (χ3v) is 4.70. The van der Waals surface area contributed by atoms with E-state index in [9.17, 15) is 9.59 Å². The number of aromatic nitrogens is 1. The Morgan fingerprint density at radius 3 is 2.61 bits per heavy atom. The summed E-state index contributed by atoms with van der Waals surface area (Å²) in [5.41, 5.74) is 1.67. The summed E-state index contributed by atoms with van der Waals surface area (Å²) in [7, 11) is 1.58. The lowest BCUT2D eigenvalue weighted by Crippen LogP contribution is -2.24. The molecule has 28 heavy (non-hydrogen) atoms. The number of halogens is 1. The number of urea groups is 1. The average molecular weight is 417 g/mol. The van der Waals surface area contributed by atoms with E-state index in [2.05, 4.69) is 20.9 Å². The fourth-order valence-corrected chi connectivity index (χ4v) is 3.15. The van der Waals surface area contributed by atoms with Crippen molar-refractivity contribution in [3.05, 3.63) is 70.2 Å². The fourth-order valence-electron chi connectivity index (χ4n) is 2.34. The van der Waals surface area contributed by atoms with Crippen molar-refractivity contribution in [2.45, 2.75) is 6.54 Å². The first-order valence-electron chi connectivity index (χ1n) is 8.24. The van der Waals surface area contributed by atoms with Crippen LogP contribution in [0.15, 0.2) is 53.9 Å². The second kappa shape index (κ2) is 9.20. The van der Waals surface area contributed by atoms with E-state index in [0.29, 0.717) is 28.1 Å². The van der Waals surface area contributed by atoms with Crippen LogP contribution in [0.25, 0.3) is 0 Å². The van der Waals surface area contributed by atoms with E-state index in [0.717, 1.165) is 16.9 Å². The number of benzene rings is 2. The molecule has 0 fully saturated rings. The third-order valence-electron chi connectivity index (χ3n) is 3.69. The van der Waals surface area contributed by atoms with E-state index in [4.69, 9.17) is 16.3 Å². The molecular weight excluding hydrogens is 400 g/mol. The van der Waals surface area contributed by atoms with Crippen LogP contribution in [-0.2, 0) is 6.54 Å². The normalized spacial score (nSPS) is 10.2. The number of ether oxygens (including phenoxy) is 1. The number of nitrogens with one attached hydrogen (secondary N) is 3. The number of nitrogens with zero attached hydrogens (tertiary/aromatic N) is 1. The Labute approximate surface area is 170 Å². The van der Waals surface area contributed by atoms with Crippen LogP contribution in [0, 0.1) is 0 Å². The predicted octanol–water partition coefficient (Wildman–Crippen LogP) is 4.38. The first-order chi connectivity index (χ1) is 13.5. The van der Waals surface area contributed by atoms with Crippen LogP contribution in [0.2, 0.25) is 5.02 Å². The Morgan fingerprint density at radius 1 is 1.11 bits per heavy atom. The highest BCUT2D eigenvalue weighted by Crippen LogP contribution is 2.19. The Hall–Kier alpha value is -3.10. The van der Waals surface area contributed by atoms with Gasteiger partial charge in [-0.1, -0.05) is 29.8 Å². The van der Waals surface area contributed by atoms with Crippen molar-refractivity contribution in [1.82, 2.24) is 10.3 Å². The number of hydrogen-bond acceptors (Lipinski definition) is 5. The summed E-state index contributed by atoms with van der Waals surface area (Å²) >= 11 is 6.97. The molecule has 2 aromatic carbocycles. The van der Waals surface area contributed by atoms with Crippen LogP contribution < -0.4 is 20.7 Å². The van der Waals surface area contributed by atoms with Crippen molar-refractivity contribution >= 4 is 45.7 Å². The monoisotopic (exact) mass is 416 g/mol. The molecule has 7 nitrogen and oxygen atoms in total. The molecule has 0 aliphatic rings. The fraction of sp³-hybridized carbons (Fsp3) is 0.105. The lowest BCUT2D eigenvalue weighted by molar-refractivity contribution is 0.0946. The number of amides is 3. The molecule has 1 heterocycles. The Bertz CT molecular complexity index is 975. The molecule has 0 aliphatic carbocycles. The highest BCUT2D eigenvalue weighted by atomic mass is 35.5. The van der Waals surface area contributed by atoms with E-state index >= 15 is 0 Å². The zero-order valence-corrected chi connectivity index (χ0v) is 16.4. The number of rotatable bonds is 6. The summed E-state index contributed by atoms with van der Waals surface area (Å²) in [4.78, 5) is 28.5. The molecule has 3 aromatic rings. The van der Waals surface area contributed by atoms with Crippen LogP contribution in [0.5, 0.6) is 5.75 Å². The van der Waals surface area contributed by atoms with Gasteiger partial charge in [0.2, 0.25) is 0 Å². The first-order valence-corrected chi connectivity index (χ1v) is 9.50. The van der Waals surface area contributed by atoms with Crippen LogP contribution in [-0.4, -0.2) is 24.0 Å². The maximum Gasteiger partial charge on any atom is 0.325 e. The minimum atomic E-state index is -0.461. The number of hydrogen-bond donors (Lipinski definition) is 3. The van der Waals surface area contributed by atoms with Crippen LogP contribution in [0.3, 0.4) is 0 Å². The number of methoxy groups -OCH3 is 1. The van der Waals surface area contributed by atoms with Crippen LogP contribution >= 0.6 is 22.9 Å². The number of anilines is 2. The van der Waals surface area contributed by atoms with Gasteiger partial charge in [0.25, 0.3) is 5.91 Å². The summed E-state index contributed by atoms with van der Waals surface area (Å²) < 4.78 is 5.26. The van der Waals surface area contributed by atoms with E-state index in [1.807, 2.05) is 24.3 Å². The Morgan fingerprint density at radius 2 is 1.86 bits per heavy atom. The number of carbonyl (C=O) groups excluding carboxylic acids is 2. The summed E-state index contributed by atoms with van der Waals surface area (Å²) in [5, 5.41) is 10.5. The van der Waals surface area contributed by atoms with Gasteiger partial charge in [-0.15, -0.1) is 11.3 Å². The Balaban J connectivity index is 1.54. The molecule has 3 amide bonds. The minimum absolute atomic E-state index is 0.224. The molecule has 0 saturated carbocycles. The van der Waals surface area contributed by atoms with Gasteiger partial charge < -0.3 is 15.4 Å². The average Bonchev–Trinajstić information content (AvgIpc) is 3.16. The standard InChI is InChI=1S/C19H17ClN4O3S/c1-27-16-5-3-2-4-12(16)10-21-17(25)15-11-28-19(23-15)24-18(26)22-14-8-6-13(20)7-9-14/h2-9,11H,10H2,1H3,(H,21,25)(H2,22,23,24,26).